The van der Waals surface area contributed by atoms with Crippen LogP contribution in [-0.2, 0) is 9.59 Å². The van der Waals surface area contributed by atoms with E-state index in [0.29, 0.717) is 0 Å². The summed E-state index contributed by atoms with van der Waals surface area (Å²) in [7, 11) is 1.24. The van der Waals surface area contributed by atoms with Gasteiger partial charge in [-0.1, -0.05) is 0 Å². The molecule has 0 aliphatic carbocycles. The average molecular weight is 210 g/mol. The van der Waals surface area contributed by atoms with Crippen molar-refractivity contribution < 1.29 is 18.4 Å². The molecule has 5 N–H and O–H groups in total. The van der Waals surface area contributed by atoms with Crippen LogP contribution in [0.4, 0.5) is 8.78 Å². The van der Waals surface area contributed by atoms with Crippen molar-refractivity contribution in [3.05, 3.63) is 0 Å². The lowest BCUT2D eigenvalue weighted by Gasteiger charge is -2.20. The largest absolute Gasteiger partial charge is 0.369 e. The number of hydrogen-bond acceptors (Lipinski definition) is 4. The molecule has 8 heteroatoms. The number of carbonyl (C=O) groups excluding carboxylic acids is 2. The number of halogens is 2. The maximum Gasteiger partial charge on any atom is 0.338 e. The maximum atomic E-state index is 12.8. The van der Waals surface area contributed by atoms with Gasteiger partial charge < -0.3 is 5.73 Å². The third-order valence-corrected chi connectivity index (χ3v) is 1.36. The lowest BCUT2D eigenvalue weighted by Crippen LogP contribution is -2.50. The summed E-state index contributed by atoms with van der Waals surface area (Å²) in [5.41, 5.74) is 6.10. The molecule has 0 aromatic rings. The van der Waals surface area contributed by atoms with Gasteiger partial charge in [-0.2, -0.15) is 8.78 Å². The van der Waals surface area contributed by atoms with Gasteiger partial charge in [-0.3, -0.25) is 19.9 Å². The summed E-state index contributed by atoms with van der Waals surface area (Å²) in [4.78, 5) is 21.8. The van der Waals surface area contributed by atoms with E-state index in [1.807, 2.05) is 0 Å². The second-order valence-electron chi connectivity index (χ2n) is 2.82. The van der Waals surface area contributed by atoms with Crippen molar-refractivity contribution in [1.82, 2.24) is 10.3 Å². The molecule has 0 aromatic heterocycles. The number of amides is 2. The van der Waals surface area contributed by atoms with Gasteiger partial charge in [0.2, 0.25) is 5.91 Å². The Kier molecular flexibility index (Phi) is 4.38. The normalized spacial score (nSPS) is 11.5. The zero-order valence-electron chi connectivity index (χ0n) is 7.59. The highest BCUT2D eigenvalue weighted by molar-refractivity contribution is 5.83. The van der Waals surface area contributed by atoms with Crippen LogP contribution < -0.4 is 17.0 Å². The Morgan fingerprint density at radius 2 is 2.00 bits per heavy atom. The first-order valence-corrected chi connectivity index (χ1v) is 3.65. The van der Waals surface area contributed by atoms with Crippen molar-refractivity contribution in [3.8, 4) is 0 Å². The number of nitrogens with zero attached hydrogens (tertiary/aromatic N) is 1. The molecule has 0 spiro atoms. The van der Waals surface area contributed by atoms with Crippen LogP contribution in [0.15, 0.2) is 0 Å². The van der Waals surface area contributed by atoms with Crippen molar-refractivity contribution in [2.75, 3.05) is 20.1 Å². The second-order valence-corrected chi connectivity index (χ2v) is 2.82. The number of rotatable bonds is 5. The van der Waals surface area contributed by atoms with E-state index in [0.717, 1.165) is 4.90 Å². The fourth-order valence-electron chi connectivity index (χ4n) is 0.838. The summed E-state index contributed by atoms with van der Waals surface area (Å²) in [5, 5.41) is 0. The van der Waals surface area contributed by atoms with Crippen molar-refractivity contribution in [1.29, 1.82) is 0 Å². The summed E-state index contributed by atoms with van der Waals surface area (Å²) in [6.45, 7) is -1.27. The molecule has 2 amide bonds. The van der Waals surface area contributed by atoms with Crippen LogP contribution in [0.25, 0.3) is 0 Å². The number of primary amides is 1. The Hall–Kier alpha value is -1.28. The third-order valence-electron chi connectivity index (χ3n) is 1.36. The van der Waals surface area contributed by atoms with Crippen LogP contribution in [0.2, 0.25) is 0 Å². The molecule has 0 bridgehead atoms. The van der Waals surface area contributed by atoms with Gasteiger partial charge in [-0.25, -0.2) is 5.84 Å². The lowest BCUT2D eigenvalue weighted by atomic mass is 10.3. The summed E-state index contributed by atoms with van der Waals surface area (Å²) in [6.07, 6.45) is 0. The minimum Gasteiger partial charge on any atom is -0.369 e. The first-order valence-electron chi connectivity index (χ1n) is 3.65. The molecule has 82 valence electrons. The van der Waals surface area contributed by atoms with Crippen molar-refractivity contribution >= 4 is 11.8 Å². The Labute approximate surface area is 79.2 Å². The fraction of sp³-hybridized carbons (Fsp3) is 0.667. The standard InChI is InChI=1S/C6H12F2N4O2/c1-12(2-4(9)13)3-6(7,8)5(14)11-10/h2-3,10H2,1H3,(H2,9,13)(H,11,14). The van der Waals surface area contributed by atoms with E-state index >= 15 is 0 Å². The minimum atomic E-state index is -3.64. The average Bonchev–Trinajstić information content (AvgIpc) is 1.99. The molecule has 0 aliphatic heterocycles. The highest BCUT2D eigenvalue weighted by atomic mass is 19.3. The molecule has 0 rings (SSSR count). The van der Waals surface area contributed by atoms with Crippen LogP contribution in [0, 0.1) is 0 Å². The molecule has 0 radical (unpaired) electrons. The summed E-state index contributed by atoms with van der Waals surface area (Å²) >= 11 is 0. The van der Waals surface area contributed by atoms with Crippen LogP contribution in [0.1, 0.15) is 0 Å². The quantitative estimate of drug-likeness (QED) is 0.278. The molecule has 0 unspecified atom stereocenters. The number of nitrogens with one attached hydrogen (secondary N) is 1. The van der Waals surface area contributed by atoms with Gasteiger partial charge in [0.15, 0.2) is 0 Å². The summed E-state index contributed by atoms with van der Waals surface area (Å²) in [6, 6.07) is 0. The molecule has 0 fully saturated rings. The number of nitrogens with two attached hydrogens (primary N) is 2. The van der Waals surface area contributed by atoms with Gasteiger partial charge in [0.25, 0.3) is 0 Å². The second kappa shape index (κ2) is 4.82. The molecular formula is C6H12F2N4O2. The van der Waals surface area contributed by atoms with Gasteiger partial charge in [0, 0.05) is 0 Å². The van der Waals surface area contributed by atoms with Gasteiger partial charge in [0.05, 0.1) is 13.1 Å². The smallest absolute Gasteiger partial charge is 0.338 e. The van der Waals surface area contributed by atoms with E-state index in [4.69, 9.17) is 5.73 Å². The Bertz CT molecular complexity index is 234. The maximum absolute atomic E-state index is 12.8. The van der Waals surface area contributed by atoms with E-state index < -0.39 is 24.3 Å². The van der Waals surface area contributed by atoms with Gasteiger partial charge in [-0.15, -0.1) is 0 Å². The van der Waals surface area contributed by atoms with E-state index in [1.165, 1.54) is 12.5 Å². The van der Waals surface area contributed by atoms with E-state index in [2.05, 4.69) is 5.84 Å². The van der Waals surface area contributed by atoms with Gasteiger partial charge in [-0.05, 0) is 7.05 Å². The number of carbonyl (C=O) groups is 2. The predicted molar refractivity (Wildman–Crippen MR) is 44.0 cm³/mol. The molecule has 14 heavy (non-hydrogen) atoms. The molecule has 0 heterocycles. The monoisotopic (exact) mass is 210 g/mol. The first kappa shape index (κ1) is 12.7. The van der Waals surface area contributed by atoms with Gasteiger partial charge >= 0.3 is 11.8 Å². The zero-order chi connectivity index (χ0) is 11.4. The summed E-state index contributed by atoms with van der Waals surface area (Å²) in [5.74, 6) is -1.45. The Balaban J connectivity index is 4.21. The highest BCUT2D eigenvalue weighted by Crippen LogP contribution is 2.13. The Morgan fingerprint density at radius 3 is 2.36 bits per heavy atom. The number of likely N-dealkylation sites (N-methyl/N-ethyl adjacent to an activating group) is 1. The lowest BCUT2D eigenvalue weighted by molar-refractivity contribution is -0.148. The summed E-state index contributed by atoms with van der Waals surface area (Å²) < 4.78 is 25.7. The molecule has 6 nitrogen and oxygen atoms in total. The van der Waals surface area contributed by atoms with Crippen molar-refractivity contribution in [2.24, 2.45) is 11.6 Å². The Morgan fingerprint density at radius 1 is 1.50 bits per heavy atom. The molecular weight excluding hydrogens is 198 g/mol. The zero-order valence-corrected chi connectivity index (χ0v) is 7.59. The van der Waals surface area contributed by atoms with Crippen LogP contribution in [0.3, 0.4) is 0 Å². The molecule has 0 atom stereocenters. The molecule has 0 saturated heterocycles. The van der Waals surface area contributed by atoms with Crippen LogP contribution in [0.5, 0.6) is 0 Å². The van der Waals surface area contributed by atoms with E-state index in [1.54, 1.807) is 0 Å². The van der Waals surface area contributed by atoms with Crippen molar-refractivity contribution in [2.45, 2.75) is 5.92 Å². The fourth-order valence-corrected chi connectivity index (χ4v) is 0.838. The number of hydrogen-bond donors (Lipinski definition) is 3. The van der Waals surface area contributed by atoms with Crippen LogP contribution in [-0.4, -0.2) is 42.8 Å². The predicted octanol–water partition coefficient (Wildman–Crippen LogP) is -1.97. The molecule has 0 saturated carbocycles. The minimum absolute atomic E-state index is 0.354. The van der Waals surface area contributed by atoms with E-state index in [-0.39, 0.29) is 6.54 Å². The first-order chi connectivity index (χ1) is 6.29. The number of alkyl halides is 2. The highest BCUT2D eigenvalue weighted by Gasteiger charge is 2.39. The third kappa shape index (κ3) is 4.10. The van der Waals surface area contributed by atoms with Crippen LogP contribution >= 0.6 is 0 Å². The molecule has 0 aliphatic rings. The van der Waals surface area contributed by atoms with Gasteiger partial charge in [0.1, 0.15) is 0 Å². The SMILES string of the molecule is CN(CC(N)=O)CC(F)(F)C(=O)NN. The molecule has 0 aromatic carbocycles. The number of hydrazine groups is 1. The van der Waals surface area contributed by atoms with Crippen molar-refractivity contribution in [3.63, 3.8) is 0 Å². The topological polar surface area (TPSA) is 101 Å². The van der Waals surface area contributed by atoms with E-state index in [9.17, 15) is 18.4 Å².